The quantitative estimate of drug-likeness (QED) is 0.528. The van der Waals surface area contributed by atoms with E-state index in [1.54, 1.807) is 46.2 Å². The molecular weight excluding hydrogens is 454 g/mol. The predicted molar refractivity (Wildman–Crippen MR) is 128 cm³/mol. The number of methoxy groups -OCH3 is 2. The van der Waals surface area contributed by atoms with Gasteiger partial charge in [0.25, 0.3) is 0 Å². The van der Waals surface area contributed by atoms with E-state index in [1.165, 1.54) is 12.0 Å². The molecule has 192 valence electrons. The number of amides is 2. The van der Waals surface area contributed by atoms with Crippen LogP contribution in [0.15, 0.2) is 29.5 Å². The van der Waals surface area contributed by atoms with Crippen molar-refractivity contribution in [2.75, 3.05) is 54.1 Å². The van der Waals surface area contributed by atoms with Crippen molar-refractivity contribution in [3.05, 3.63) is 35.0 Å². The van der Waals surface area contributed by atoms with Gasteiger partial charge in [-0.15, -0.1) is 0 Å². The van der Waals surface area contributed by atoms with Crippen LogP contribution in [-0.2, 0) is 19.1 Å². The third-order valence-corrected chi connectivity index (χ3v) is 6.32. The summed E-state index contributed by atoms with van der Waals surface area (Å²) in [5.74, 6) is 0.0878. The van der Waals surface area contributed by atoms with Crippen LogP contribution in [0.2, 0.25) is 0 Å². The van der Waals surface area contributed by atoms with Crippen LogP contribution in [0.3, 0.4) is 0 Å². The number of piperidine rings is 1. The van der Waals surface area contributed by atoms with Gasteiger partial charge in [-0.25, -0.2) is 9.59 Å². The molecule has 0 saturated carbocycles. The van der Waals surface area contributed by atoms with Gasteiger partial charge in [-0.3, -0.25) is 14.6 Å². The minimum absolute atomic E-state index is 0.189. The lowest BCUT2D eigenvalue weighted by molar-refractivity contribution is -0.150. The molecule has 2 aliphatic rings. The van der Waals surface area contributed by atoms with Crippen LogP contribution in [0.4, 0.5) is 4.79 Å². The number of urea groups is 1. The highest BCUT2D eigenvalue weighted by molar-refractivity contribution is 5.95. The number of esters is 2. The molecule has 3 rings (SSSR count). The molecule has 10 nitrogen and oxygen atoms in total. The lowest BCUT2D eigenvalue weighted by Gasteiger charge is -2.38. The van der Waals surface area contributed by atoms with Gasteiger partial charge in [-0.05, 0) is 45.4 Å². The molecule has 1 aromatic rings. The number of rotatable bonds is 9. The van der Waals surface area contributed by atoms with E-state index in [2.05, 4.69) is 10.2 Å². The molecular formula is C25H35N3O7. The molecule has 0 radical (unpaired) electrons. The van der Waals surface area contributed by atoms with Crippen molar-refractivity contribution < 1.29 is 33.3 Å². The van der Waals surface area contributed by atoms with Gasteiger partial charge < -0.3 is 24.3 Å². The predicted octanol–water partition coefficient (Wildman–Crippen LogP) is 2.49. The fourth-order valence-corrected chi connectivity index (χ4v) is 4.55. The lowest BCUT2D eigenvalue weighted by Crippen LogP contribution is -2.50. The van der Waals surface area contributed by atoms with Crippen molar-refractivity contribution >= 4 is 18.0 Å². The van der Waals surface area contributed by atoms with E-state index >= 15 is 0 Å². The molecule has 2 aliphatic heterocycles. The Kier molecular flexibility index (Phi) is 8.97. The maximum absolute atomic E-state index is 13.3. The zero-order valence-corrected chi connectivity index (χ0v) is 21.1. The van der Waals surface area contributed by atoms with E-state index in [-0.39, 0.29) is 24.5 Å². The second kappa shape index (κ2) is 11.9. The molecule has 1 fully saturated rings. The number of benzene rings is 1. The summed E-state index contributed by atoms with van der Waals surface area (Å²) in [5.41, 5.74) is 1.47. The van der Waals surface area contributed by atoms with Crippen molar-refractivity contribution in [3.8, 4) is 11.5 Å². The monoisotopic (exact) mass is 489 g/mol. The number of carbonyl (C=O) groups is 3. The molecule has 1 N–H and O–H groups in total. The van der Waals surface area contributed by atoms with Gasteiger partial charge >= 0.3 is 18.0 Å². The van der Waals surface area contributed by atoms with Crippen molar-refractivity contribution in [2.45, 2.75) is 32.7 Å². The topological polar surface area (TPSA) is 107 Å². The summed E-state index contributed by atoms with van der Waals surface area (Å²) in [6.45, 7) is 5.59. The van der Waals surface area contributed by atoms with E-state index in [9.17, 15) is 14.4 Å². The first kappa shape index (κ1) is 26.3. The van der Waals surface area contributed by atoms with Gasteiger partial charge in [0, 0.05) is 37.5 Å². The summed E-state index contributed by atoms with van der Waals surface area (Å²) < 4.78 is 21.5. The van der Waals surface area contributed by atoms with E-state index in [0.29, 0.717) is 48.0 Å². The van der Waals surface area contributed by atoms with Crippen molar-refractivity contribution in [3.63, 3.8) is 0 Å². The van der Waals surface area contributed by atoms with E-state index < -0.39 is 12.0 Å². The Morgan fingerprint density at radius 1 is 1.11 bits per heavy atom. The summed E-state index contributed by atoms with van der Waals surface area (Å²) >= 11 is 0. The van der Waals surface area contributed by atoms with Gasteiger partial charge in [-0.1, -0.05) is 0 Å². The molecule has 0 unspecified atom stereocenters. The van der Waals surface area contributed by atoms with Crippen molar-refractivity contribution in [1.82, 2.24) is 15.1 Å². The average molecular weight is 490 g/mol. The van der Waals surface area contributed by atoms with Crippen molar-refractivity contribution in [1.29, 1.82) is 0 Å². The molecule has 0 aromatic heterocycles. The smallest absolute Gasteiger partial charge is 0.338 e. The van der Waals surface area contributed by atoms with Gasteiger partial charge in [0.1, 0.15) is 11.5 Å². The number of nitrogens with zero attached hydrogens (tertiary/aromatic N) is 2. The fourth-order valence-electron chi connectivity index (χ4n) is 4.55. The maximum atomic E-state index is 13.3. The third kappa shape index (κ3) is 5.87. The molecule has 2 heterocycles. The SMILES string of the molecule is CCOC(=O)C1=C(CN2CCC[C@@H](C(=O)OCC)C2)N(C)C(=O)N[C@H]1c1ccc(OC)cc1OC. The number of ether oxygens (including phenoxy) is 4. The summed E-state index contributed by atoms with van der Waals surface area (Å²) in [6.07, 6.45) is 1.57. The molecule has 0 bridgehead atoms. The Morgan fingerprint density at radius 3 is 2.51 bits per heavy atom. The highest BCUT2D eigenvalue weighted by atomic mass is 16.5. The molecule has 2 amide bonds. The number of likely N-dealkylation sites (tertiary alicyclic amines) is 1. The average Bonchev–Trinajstić information content (AvgIpc) is 2.86. The number of likely N-dealkylation sites (N-methyl/N-ethyl adjacent to an activating group) is 1. The second-order valence-electron chi connectivity index (χ2n) is 8.46. The molecule has 1 saturated heterocycles. The fraction of sp³-hybridized carbons (Fsp3) is 0.560. The summed E-state index contributed by atoms with van der Waals surface area (Å²) in [4.78, 5) is 42.1. The molecule has 10 heteroatoms. The summed E-state index contributed by atoms with van der Waals surface area (Å²) in [7, 11) is 4.70. The van der Waals surface area contributed by atoms with Gasteiger partial charge in [0.15, 0.2) is 0 Å². The lowest BCUT2D eigenvalue weighted by atomic mass is 9.92. The molecule has 0 aliphatic carbocycles. The van der Waals surface area contributed by atoms with Gasteiger partial charge in [0.2, 0.25) is 0 Å². The molecule has 0 spiro atoms. The maximum Gasteiger partial charge on any atom is 0.338 e. The standard InChI is InChI=1S/C25H35N3O7/c1-6-34-23(29)16-9-8-12-28(14-16)15-19-21(24(30)35-7-2)22(26-25(31)27(19)3)18-11-10-17(32-4)13-20(18)33-5/h10-11,13,16,22H,6-9,12,14-15H2,1-5H3,(H,26,31)/t16-,22+/m1/s1. The highest BCUT2D eigenvalue weighted by Crippen LogP contribution is 2.38. The largest absolute Gasteiger partial charge is 0.497 e. The molecule has 2 atom stereocenters. The van der Waals surface area contributed by atoms with Crippen LogP contribution in [0, 0.1) is 5.92 Å². The molecule has 1 aromatic carbocycles. The number of hydrogen-bond donors (Lipinski definition) is 1. The van der Waals surface area contributed by atoms with Crippen LogP contribution in [0.1, 0.15) is 38.3 Å². The first-order valence-corrected chi connectivity index (χ1v) is 11.9. The zero-order chi connectivity index (χ0) is 25.5. The Morgan fingerprint density at radius 2 is 1.86 bits per heavy atom. The van der Waals surface area contributed by atoms with Crippen LogP contribution in [-0.4, -0.2) is 81.9 Å². The summed E-state index contributed by atoms with van der Waals surface area (Å²) in [5, 5.41) is 2.91. The van der Waals surface area contributed by atoms with E-state index in [1.807, 2.05) is 0 Å². The number of carbonyl (C=O) groups excluding carboxylic acids is 3. The Hall–Kier alpha value is -3.27. The van der Waals surface area contributed by atoms with E-state index in [4.69, 9.17) is 18.9 Å². The number of hydrogen-bond acceptors (Lipinski definition) is 8. The van der Waals surface area contributed by atoms with Crippen LogP contribution < -0.4 is 14.8 Å². The van der Waals surface area contributed by atoms with Crippen molar-refractivity contribution in [2.24, 2.45) is 5.92 Å². The van der Waals surface area contributed by atoms with E-state index in [0.717, 1.165) is 19.4 Å². The van der Waals surface area contributed by atoms with Gasteiger partial charge in [-0.2, -0.15) is 0 Å². The van der Waals surface area contributed by atoms with Crippen LogP contribution in [0.25, 0.3) is 0 Å². The highest BCUT2D eigenvalue weighted by Gasteiger charge is 2.39. The Balaban J connectivity index is 2.03. The normalized spacial score (nSPS) is 20.8. The second-order valence-corrected chi connectivity index (χ2v) is 8.46. The van der Waals surface area contributed by atoms with Gasteiger partial charge in [0.05, 0.1) is 45.0 Å². The zero-order valence-electron chi connectivity index (χ0n) is 21.1. The summed E-state index contributed by atoms with van der Waals surface area (Å²) in [6, 6.07) is 4.09. The minimum atomic E-state index is -0.778. The Labute approximate surface area is 206 Å². The first-order valence-electron chi connectivity index (χ1n) is 11.9. The first-order chi connectivity index (χ1) is 16.8. The molecule has 35 heavy (non-hydrogen) atoms. The number of nitrogens with one attached hydrogen (secondary N) is 1. The Bertz CT molecular complexity index is 978. The minimum Gasteiger partial charge on any atom is -0.497 e. The third-order valence-electron chi connectivity index (χ3n) is 6.32. The van der Waals surface area contributed by atoms with Crippen LogP contribution >= 0.6 is 0 Å². The van der Waals surface area contributed by atoms with Crippen LogP contribution in [0.5, 0.6) is 11.5 Å².